The number of nitrogens with two attached hydrogens (primary N) is 1. The van der Waals surface area contributed by atoms with Crippen molar-refractivity contribution in [2.24, 2.45) is 5.14 Å². The van der Waals surface area contributed by atoms with Crippen molar-refractivity contribution in [1.82, 2.24) is 10.2 Å². The minimum Gasteiger partial charge on any atom is -0.495 e. The zero-order chi connectivity index (χ0) is 19.6. The Labute approximate surface area is 172 Å². The van der Waals surface area contributed by atoms with Crippen LogP contribution in [0.2, 0.25) is 10.0 Å². The molecule has 3 rings (SSSR count). The normalized spacial score (nSPS) is 16.4. The summed E-state index contributed by atoms with van der Waals surface area (Å²) in [5, 5.41) is 14.3. The Balaban J connectivity index is 2.03. The second-order valence-electron chi connectivity index (χ2n) is 6.33. The van der Waals surface area contributed by atoms with Gasteiger partial charge in [0, 0.05) is 21.4 Å². The highest BCUT2D eigenvalue weighted by Crippen LogP contribution is 2.39. The highest BCUT2D eigenvalue weighted by atomic mass is 35.5. The minimum absolute atomic E-state index is 0.106. The predicted molar refractivity (Wildman–Crippen MR) is 108 cm³/mol. The van der Waals surface area contributed by atoms with Crippen LogP contribution in [0.3, 0.4) is 0 Å². The molecule has 1 atom stereocenters. The van der Waals surface area contributed by atoms with Crippen molar-refractivity contribution in [3.8, 4) is 5.75 Å². The molecule has 1 aliphatic rings. The van der Waals surface area contributed by atoms with E-state index in [1.807, 2.05) is 0 Å². The summed E-state index contributed by atoms with van der Waals surface area (Å²) in [5.41, 5.74) is 0.410. The van der Waals surface area contributed by atoms with Crippen molar-refractivity contribution in [3.63, 3.8) is 0 Å². The fraction of sp³-hybridized carbons (Fsp3) is 0.412. The molecule has 1 aromatic carbocycles. The van der Waals surface area contributed by atoms with Gasteiger partial charge >= 0.3 is 0 Å². The first kappa shape index (κ1) is 20.7. The topological polar surface area (TPSA) is 95.2 Å². The molecule has 1 heterocycles. The summed E-state index contributed by atoms with van der Waals surface area (Å²) in [4.78, 5) is 0. The summed E-state index contributed by atoms with van der Waals surface area (Å²) in [6.45, 7) is 0. The second-order valence-corrected chi connectivity index (χ2v) is 10.2. The van der Waals surface area contributed by atoms with Crippen molar-refractivity contribution in [2.45, 2.75) is 41.2 Å². The average molecular weight is 448 g/mol. The Morgan fingerprint density at radius 3 is 2.33 bits per heavy atom. The Morgan fingerprint density at radius 2 is 1.78 bits per heavy atom. The summed E-state index contributed by atoms with van der Waals surface area (Å²) < 4.78 is 30.1. The summed E-state index contributed by atoms with van der Waals surface area (Å²) in [5.74, 6) is 0.306. The van der Waals surface area contributed by atoms with E-state index < -0.39 is 15.3 Å². The number of hydrogen-bond acceptors (Lipinski definition) is 6. The summed E-state index contributed by atoms with van der Waals surface area (Å²) in [6, 6.07) is 6.20. The van der Waals surface area contributed by atoms with Crippen molar-refractivity contribution in [2.75, 3.05) is 7.11 Å². The van der Waals surface area contributed by atoms with Gasteiger partial charge in [-0.1, -0.05) is 36.0 Å². The van der Waals surface area contributed by atoms with Crippen LogP contribution < -0.4 is 9.88 Å². The number of hydrogen-bond donors (Lipinski definition) is 1. The third kappa shape index (κ3) is 5.06. The maximum atomic E-state index is 12.3. The van der Waals surface area contributed by atoms with E-state index in [9.17, 15) is 8.42 Å². The zero-order valence-corrected chi connectivity index (χ0v) is 17.7. The number of benzene rings is 1. The number of thioether (sulfide) groups is 1. The molecule has 0 radical (unpaired) electrons. The number of ether oxygens (including phenoxy) is 1. The molecule has 1 saturated carbocycles. The molecule has 146 valence electrons. The molecule has 0 saturated heterocycles. The van der Waals surface area contributed by atoms with Gasteiger partial charge < -0.3 is 4.74 Å². The van der Waals surface area contributed by atoms with Crippen molar-refractivity contribution in [1.29, 1.82) is 0 Å². The maximum Gasteiger partial charge on any atom is 0.222 e. The average Bonchev–Trinajstić information content (AvgIpc) is 3.07. The van der Waals surface area contributed by atoms with E-state index >= 15 is 0 Å². The third-order valence-electron chi connectivity index (χ3n) is 4.34. The van der Waals surface area contributed by atoms with E-state index in [-0.39, 0.29) is 5.69 Å². The van der Waals surface area contributed by atoms with Gasteiger partial charge in [-0.05, 0) is 36.6 Å². The number of primary sulfonamides is 1. The lowest BCUT2D eigenvalue weighted by molar-refractivity contribution is 0.402. The monoisotopic (exact) mass is 447 g/mol. The minimum atomic E-state index is -4.08. The van der Waals surface area contributed by atoms with Gasteiger partial charge in [0.15, 0.2) is 0 Å². The van der Waals surface area contributed by atoms with Crippen molar-refractivity contribution < 1.29 is 13.2 Å². The number of halogens is 2. The van der Waals surface area contributed by atoms with E-state index in [1.165, 1.54) is 38.2 Å². The van der Waals surface area contributed by atoms with Crippen molar-refractivity contribution >= 4 is 45.0 Å². The zero-order valence-electron chi connectivity index (χ0n) is 14.6. The molecule has 1 fully saturated rings. The third-order valence-corrected chi connectivity index (χ3v) is 7.17. The lowest BCUT2D eigenvalue weighted by atomic mass is 10.1. The Bertz CT molecular complexity index is 915. The number of rotatable bonds is 6. The molecule has 1 aromatic heterocycles. The first-order chi connectivity index (χ1) is 12.8. The van der Waals surface area contributed by atoms with Crippen LogP contribution in [0.25, 0.3) is 0 Å². The molecule has 2 N–H and O–H groups in total. The highest BCUT2D eigenvalue weighted by Gasteiger charge is 2.32. The number of aromatic nitrogens is 2. The van der Waals surface area contributed by atoms with E-state index in [4.69, 9.17) is 33.1 Å². The van der Waals surface area contributed by atoms with Crippen LogP contribution in [0.1, 0.15) is 42.2 Å². The fourth-order valence-corrected chi connectivity index (χ4v) is 5.88. The first-order valence-electron chi connectivity index (χ1n) is 8.34. The highest BCUT2D eigenvalue weighted by molar-refractivity contribution is 7.99. The van der Waals surface area contributed by atoms with Gasteiger partial charge in [0.1, 0.15) is 21.7 Å². The van der Waals surface area contributed by atoms with Gasteiger partial charge in [0.2, 0.25) is 10.0 Å². The van der Waals surface area contributed by atoms with Crippen LogP contribution in [0.15, 0.2) is 29.3 Å². The summed E-state index contributed by atoms with van der Waals surface area (Å²) in [6.07, 6.45) is 4.70. The van der Waals surface area contributed by atoms with Crippen LogP contribution in [0.4, 0.5) is 0 Å². The van der Waals surface area contributed by atoms with Crippen LogP contribution in [-0.2, 0) is 10.0 Å². The van der Waals surface area contributed by atoms with Gasteiger partial charge in [-0.2, -0.15) is 0 Å². The Kier molecular flexibility index (Phi) is 6.53. The molecule has 0 spiro atoms. The molecule has 1 aliphatic carbocycles. The van der Waals surface area contributed by atoms with E-state index in [0.717, 1.165) is 12.8 Å². The molecule has 0 aliphatic heterocycles. The summed E-state index contributed by atoms with van der Waals surface area (Å²) in [7, 11) is -2.62. The van der Waals surface area contributed by atoms with E-state index in [0.29, 0.717) is 31.6 Å². The molecule has 0 bridgehead atoms. The van der Waals surface area contributed by atoms with Gasteiger partial charge in [0.05, 0.1) is 7.11 Å². The molecule has 2 aromatic rings. The van der Waals surface area contributed by atoms with Crippen LogP contribution in [0, 0.1) is 0 Å². The second kappa shape index (κ2) is 8.53. The smallest absolute Gasteiger partial charge is 0.222 e. The van der Waals surface area contributed by atoms with E-state index in [1.54, 1.807) is 17.8 Å². The molecule has 0 amide bonds. The van der Waals surface area contributed by atoms with Gasteiger partial charge in [-0.15, -0.1) is 22.0 Å². The molecule has 27 heavy (non-hydrogen) atoms. The lowest BCUT2D eigenvalue weighted by Crippen LogP contribution is -2.24. The molecular weight excluding hydrogens is 429 g/mol. The van der Waals surface area contributed by atoms with Crippen LogP contribution in [0.5, 0.6) is 5.75 Å². The van der Waals surface area contributed by atoms with Gasteiger partial charge in [0.25, 0.3) is 0 Å². The SMILES string of the molecule is COc1cc(SC2CCCC2)nnc1C(c1cc(Cl)cc(Cl)c1)S(N)(=O)=O. The van der Waals surface area contributed by atoms with Gasteiger partial charge in [-0.25, -0.2) is 13.6 Å². The lowest BCUT2D eigenvalue weighted by Gasteiger charge is -2.18. The Hall–Kier alpha value is -1.06. The van der Waals surface area contributed by atoms with Crippen LogP contribution in [-0.4, -0.2) is 31.0 Å². The summed E-state index contributed by atoms with van der Waals surface area (Å²) >= 11 is 13.7. The largest absolute Gasteiger partial charge is 0.495 e. The van der Waals surface area contributed by atoms with Gasteiger partial charge in [-0.3, -0.25) is 0 Å². The molecule has 6 nitrogen and oxygen atoms in total. The molecule has 10 heteroatoms. The predicted octanol–water partition coefficient (Wildman–Crippen LogP) is 4.20. The maximum absolute atomic E-state index is 12.3. The first-order valence-corrected chi connectivity index (χ1v) is 11.6. The molecular formula is C17H19Cl2N3O3S2. The van der Waals surface area contributed by atoms with Crippen LogP contribution >= 0.6 is 35.0 Å². The number of methoxy groups -OCH3 is 1. The standard InChI is InChI=1S/C17H19Cl2N3O3S2/c1-25-14-9-15(26-13-4-2-3-5-13)21-22-16(14)17(27(20,23)24)10-6-11(18)8-12(19)7-10/h6-9,13,17H,2-5H2,1H3,(H2,20,23,24). The van der Waals surface area contributed by atoms with E-state index in [2.05, 4.69) is 10.2 Å². The quantitative estimate of drug-likeness (QED) is 0.712. The fourth-order valence-electron chi connectivity index (χ4n) is 3.18. The number of nitrogens with zero attached hydrogens (tertiary/aromatic N) is 2. The molecule has 1 unspecified atom stereocenters. The van der Waals surface area contributed by atoms with Crippen molar-refractivity contribution in [3.05, 3.63) is 45.6 Å². The number of sulfonamides is 1. The Morgan fingerprint density at radius 1 is 1.15 bits per heavy atom.